The highest BCUT2D eigenvalue weighted by molar-refractivity contribution is 6.28. The second kappa shape index (κ2) is 30.3. The molecule has 464 valence electrons. The van der Waals surface area contributed by atoms with Crippen molar-refractivity contribution in [3.8, 4) is 18.1 Å². The highest BCUT2D eigenvalue weighted by Crippen LogP contribution is 2.42. The number of nitrogens with zero attached hydrogens (tertiary/aromatic N) is 14. The molecule has 4 aromatic rings. The summed E-state index contributed by atoms with van der Waals surface area (Å²) in [5.74, 6) is 1.64. The van der Waals surface area contributed by atoms with Crippen molar-refractivity contribution in [3.63, 3.8) is 0 Å². The molecule has 20 nitrogen and oxygen atoms in total. The number of hydrogen-bond acceptors (Lipinski definition) is 18. The van der Waals surface area contributed by atoms with Crippen molar-refractivity contribution < 1.29 is 28.9 Å². The predicted molar refractivity (Wildman–Crippen MR) is 333 cm³/mol. The van der Waals surface area contributed by atoms with E-state index in [2.05, 4.69) is 116 Å². The first kappa shape index (κ1) is 67.7. The average Bonchev–Trinajstić information content (AvgIpc) is 2.06. The van der Waals surface area contributed by atoms with Gasteiger partial charge >= 0.3 is 18.2 Å². The Hall–Kier alpha value is -6.39. The van der Waals surface area contributed by atoms with Gasteiger partial charge in [-0.3, -0.25) is 9.80 Å². The molecule has 6 atom stereocenters. The largest absolute Gasteiger partial charge is 0.462 e. The lowest BCUT2D eigenvalue weighted by Gasteiger charge is -2.42. The summed E-state index contributed by atoms with van der Waals surface area (Å²) in [6.07, 6.45) is 4.38. The van der Waals surface area contributed by atoms with E-state index in [1.807, 2.05) is 65.8 Å². The number of hydrogen-bond donors (Lipinski definition) is 1. The Morgan fingerprint density at radius 3 is 1.46 bits per heavy atom. The quantitative estimate of drug-likeness (QED) is 0.131. The topological polar surface area (TPSA) is 207 Å². The van der Waals surface area contributed by atoms with Gasteiger partial charge in [0.15, 0.2) is 0 Å². The molecule has 6 aliphatic rings. The molecule has 2 amide bonds. The Labute approximate surface area is 511 Å². The smallest absolute Gasteiger partial charge is 0.410 e. The van der Waals surface area contributed by atoms with Crippen LogP contribution in [0.4, 0.5) is 21.2 Å². The molecule has 6 aliphatic heterocycles. The van der Waals surface area contributed by atoms with Gasteiger partial charge < -0.3 is 48.7 Å². The minimum atomic E-state index is -0.601. The molecule has 0 radical (unpaired) electrons. The molecule has 1 N–H and O–H groups in total. The Balaban J connectivity index is 0.000000238. The van der Waals surface area contributed by atoms with E-state index in [4.69, 9.17) is 40.9 Å². The third-order valence-corrected chi connectivity index (χ3v) is 16.7. The maximum Gasteiger partial charge on any atom is 0.410 e. The number of aliphatic hydroxyl groups is 1. The summed E-state index contributed by atoms with van der Waals surface area (Å²) in [5.41, 5.74) is 5.39. The molecule has 85 heavy (non-hydrogen) atoms. The van der Waals surface area contributed by atoms with Crippen LogP contribution in [-0.4, -0.2) is 182 Å². The highest BCUT2D eigenvalue weighted by atomic mass is 35.5. The molecule has 2 unspecified atom stereocenters. The van der Waals surface area contributed by atoms with E-state index >= 15 is 0 Å². The van der Waals surface area contributed by atoms with Crippen LogP contribution in [0.1, 0.15) is 154 Å². The van der Waals surface area contributed by atoms with Crippen LogP contribution in [0.3, 0.4) is 0 Å². The number of anilines is 2. The predicted octanol–water partition coefficient (Wildman–Crippen LogP) is 10.3. The highest BCUT2D eigenvalue weighted by Gasteiger charge is 2.41. The summed E-state index contributed by atoms with van der Waals surface area (Å²) in [5, 5.41) is 27.9. The van der Waals surface area contributed by atoms with Gasteiger partial charge in [-0.15, -0.1) is 0 Å². The zero-order chi connectivity index (χ0) is 59.6. The van der Waals surface area contributed by atoms with Crippen molar-refractivity contribution in [2.45, 2.75) is 182 Å². The third kappa shape index (κ3) is 17.6. The number of ether oxygens (including phenoxy) is 3. The second-order valence-electron chi connectivity index (χ2n) is 24.8. The Morgan fingerprint density at radius 2 is 1.06 bits per heavy atom. The molecule has 4 fully saturated rings. The first-order valence-corrected chi connectivity index (χ1v) is 29.9. The molecule has 2 aromatic heterocycles. The number of piperazine rings is 2. The van der Waals surface area contributed by atoms with Crippen LogP contribution in [0.2, 0.25) is 5.28 Å². The summed E-state index contributed by atoms with van der Waals surface area (Å²) < 4.78 is 17.5. The number of halogens is 1. The van der Waals surface area contributed by atoms with Gasteiger partial charge in [-0.25, -0.2) is 19.6 Å². The summed E-state index contributed by atoms with van der Waals surface area (Å²) in [6.45, 7) is 24.7. The number of likely N-dealkylation sites (tertiary alicyclic amines) is 2. The fraction of sp³-hybridized carbons (Fsp3) is 0.625. The minimum absolute atomic E-state index is 0. The summed E-state index contributed by atoms with van der Waals surface area (Å²) >= 11 is 6.35. The van der Waals surface area contributed by atoms with Gasteiger partial charge in [-0.1, -0.05) is 75.5 Å². The molecular weight excluding hydrogens is 1100 g/mol. The summed E-state index contributed by atoms with van der Waals surface area (Å²) in [6, 6.07) is 26.2. The van der Waals surface area contributed by atoms with Crippen LogP contribution >= 0.6 is 11.6 Å². The van der Waals surface area contributed by atoms with Crippen LogP contribution in [0, 0.1) is 22.7 Å². The second-order valence-corrected chi connectivity index (χ2v) is 25.2. The first-order valence-electron chi connectivity index (χ1n) is 29.5. The maximum atomic E-state index is 13.0. The van der Waals surface area contributed by atoms with Gasteiger partial charge in [0.2, 0.25) is 5.28 Å². The lowest BCUT2D eigenvalue weighted by molar-refractivity contribution is 0.0134. The molecule has 0 aliphatic carbocycles. The van der Waals surface area contributed by atoms with Crippen LogP contribution in [0.5, 0.6) is 6.01 Å². The van der Waals surface area contributed by atoms with Crippen LogP contribution < -0.4 is 14.5 Å². The molecular formula is C64H95ClN14O6. The number of carbonyl (C=O) groups is 2. The van der Waals surface area contributed by atoms with E-state index in [1.54, 1.807) is 9.80 Å². The lowest BCUT2D eigenvalue weighted by Crippen LogP contribution is -2.56. The van der Waals surface area contributed by atoms with Crippen molar-refractivity contribution in [3.05, 3.63) is 99.6 Å². The Morgan fingerprint density at radius 1 is 0.624 bits per heavy atom. The number of aromatic nitrogens is 4. The molecule has 2 aromatic carbocycles. The maximum absolute atomic E-state index is 13.0. The number of benzene rings is 2. The van der Waals surface area contributed by atoms with Crippen LogP contribution in [-0.2, 0) is 35.7 Å². The number of aliphatic hydroxyl groups excluding tert-OH is 1. The summed E-state index contributed by atoms with van der Waals surface area (Å²) in [7, 11) is 4.20. The number of amides is 2. The standard InChI is InChI=1S/C31H43N7O3.C25H31ClN6O2.C6H13NO.2CH4/c1-22-27-26(20-37(22)18-23-10-7-6-8-11-23)33-29(40-21-25-12-9-15-35(25)5)34-28(27)36-16-17-38(24(19-36)13-14-32)30(39)41-31(2,3)4;1-17-21-20(16-31(17)14-18-8-6-5-7-9-18)28-23(26)29-22(21)30-12-13-32(19(15-30)10-11-27)24(33)34-25(2,3)4;1-7-4-2-3-6(7)5-8;;/h6-8,10-11,22,24-25H,9,12-13,15-21H2,1-5H3;5-9,17,19H,10,12-16H2,1-4H3;6,8H,2-5H2,1H3;2*1H4/t22?,24-,25-;17?,19-;6-;;/m000../s1. The fourth-order valence-corrected chi connectivity index (χ4v) is 12.2. The number of likely N-dealkylation sites (N-methyl/N-ethyl adjacent to an activating group) is 2. The number of rotatable bonds is 12. The van der Waals surface area contributed by atoms with Crippen molar-refractivity contribution >= 4 is 35.4 Å². The van der Waals surface area contributed by atoms with Crippen molar-refractivity contribution in [1.29, 1.82) is 10.5 Å². The van der Waals surface area contributed by atoms with Crippen molar-refractivity contribution in [1.82, 2.24) is 49.3 Å². The molecule has 4 saturated heterocycles. The monoisotopic (exact) mass is 1190 g/mol. The number of carbonyl (C=O) groups excluding carboxylic acids is 2. The molecule has 21 heteroatoms. The van der Waals surface area contributed by atoms with Gasteiger partial charge in [0.05, 0.1) is 55.1 Å². The molecule has 10 rings (SSSR count). The van der Waals surface area contributed by atoms with Gasteiger partial charge in [0.1, 0.15) is 29.4 Å². The zero-order valence-corrected chi connectivity index (χ0v) is 51.3. The Bertz CT molecular complexity index is 2900. The van der Waals surface area contributed by atoms with Gasteiger partial charge in [0.25, 0.3) is 0 Å². The molecule has 0 bridgehead atoms. The third-order valence-electron chi connectivity index (χ3n) is 16.5. The van der Waals surface area contributed by atoms with E-state index in [9.17, 15) is 20.1 Å². The fourth-order valence-electron chi connectivity index (χ4n) is 12.0. The van der Waals surface area contributed by atoms with Crippen LogP contribution in [0.25, 0.3) is 0 Å². The van der Waals surface area contributed by atoms with E-state index in [-0.39, 0.29) is 69.3 Å². The SMILES string of the molecule is C.C.CC1c2c(nc(Cl)nc2N2CCN(C(=O)OC(C)(C)C)[C@@H](CC#N)C2)CN1Cc1ccccc1.CC1c2c(nc(OC[C@@H]3CCCN3C)nc2N2CCN(C(=O)OC(C)(C)C)[C@@H](CC#N)C2)CN1Cc1ccccc1.CN1CCC[C@H]1CO. The first-order chi connectivity index (χ1) is 39.6. The van der Waals surface area contributed by atoms with Gasteiger partial charge in [-0.05, 0) is 131 Å². The lowest BCUT2D eigenvalue weighted by atomic mass is 10.1. The Kier molecular flexibility index (Phi) is 24.1. The van der Waals surface area contributed by atoms with Crippen molar-refractivity contribution in [2.75, 3.05) is 89.5 Å². The normalized spacial score (nSPS) is 22.5. The van der Waals surface area contributed by atoms with Crippen LogP contribution in [0.15, 0.2) is 60.7 Å². The van der Waals surface area contributed by atoms with Gasteiger partial charge in [-0.2, -0.15) is 20.5 Å². The average molecular weight is 1190 g/mol. The molecule has 8 heterocycles. The van der Waals surface area contributed by atoms with E-state index in [0.29, 0.717) is 83.7 Å². The van der Waals surface area contributed by atoms with E-state index in [1.165, 1.54) is 30.4 Å². The summed E-state index contributed by atoms with van der Waals surface area (Å²) in [4.78, 5) is 61.9. The molecule has 0 spiro atoms. The van der Waals surface area contributed by atoms with E-state index in [0.717, 1.165) is 66.8 Å². The minimum Gasteiger partial charge on any atom is -0.462 e. The number of nitriles is 2. The number of fused-ring (bicyclic) bond motifs is 2. The van der Waals surface area contributed by atoms with E-state index < -0.39 is 11.2 Å². The van der Waals surface area contributed by atoms with Crippen molar-refractivity contribution in [2.24, 2.45) is 0 Å². The zero-order valence-electron chi connectivity index (χ0n) is 50.5. The van der Waals surface area contributed by atoms with Gasteiger partial charge in [0, 0.05) is 101 Å². The molecule has 0 saturated carbocycles.